The summed E-state index contributed by atoms with van der Waals surface area (Å²) in [5, 5.41) is 4.54. The quantitative estimate of drug-likeness (QED) is 0.804. The molecule has 0 N–H and O–H groups in total. The topological polar surface area (TPSA) is 57.0 Å². The maximum Gasteiger partial charge on any atom is 0.309 e. The summed E-state index contributed by atoms with van der Waals surface area (Å²) in [5.74, 6) is 1.54. The van der Waals surface area contributed by atoms with Gasteiger partial charge in [0.1, 0.15) is 5.82 Å². The molecule has 1 unspecified atom stereocenters. The van der Waals surface area contributed by atoms with Crippen molar-refractivity contribution < 1.29 is 9.53 Å². The van der Waals surface area contributed by atoms with Crippen LogP contribution in [0.15, 0.2) is 30.3 Å². The van der Waals surface area contributed by atoms with Crippen LogP contribution < -0.4 is 0 Å². The van der Waals surface area contributed by atoms with Crippen molar-refractivity contribution in [1.29, 1.82) is 0 Å². The van der Waals surface area contributed by atoms with Crippen molar-refractivity contribution in [3.63, 3.8) is 0 Å². The van der Waals surface area contributed by atoms with Gasteiger partial charge in [-0.2, -0.15) is 5.10 Å². The van der Waals surface area contributed by atoms with Gasteiger partial charge in [-0.15, -0.1) is 0 Å². The van der Waals surface area contributed by atoms with Crippen LogP contribution in [0.4, 0.5) is 0 Å². The van der Waals surface area contributed by atoms with Crippen LogP contribution in [0.3, 0.4) is 0 Å². The first-order valence-electron chi connectivity index (χ1n) is 7.30. The smallest absolute Gasteiger partial charge is 0.309 e. The van der Waals surface area contributed by atoms with Gasteiger partial charge in [0.05, 0.1) is 13.0 Å². The summed E-state index contributed by atoms with van der Waals surface area (Å²) in [5.41, 5.74) is 1.29. The van der Waals surface area contributed by atoms with Gasteiger partial charge >= 0.3 is 5.97 Å². The molecule has 1 atom stereocenters. The third-order valence-electron chi connectivity index (χ3n) is 3.93. The molecule has 0 aliphatic carbocycles. The van der Waals surface area contributed by atoms with Crippen LogP contribution in [-0.2, 0) is 35.3 Å². The first-order valence-corrected chi connectivity index (χ1v) is 7.30. The minimum atomic E-state index is -0.143. The van der Waals surface area contributed by atoms with E-state index in [-0.39, 0.29) is 11.9 Å². The summed E-state index contributed by atoms with van der Waals surface area (Å²) in [4.78, 5) is 16.2. The molecule has 110 valence electrons. The molecule has 1 aliphatic heterocycles. The van der Waals surface area contributed by atoms with E-state index < -0.39 is 0 Å². The molecule has 1 aromatic heterocycles. The zero-order valence-corrected chi connectivity index (χ0v) is 12.2. The summed E-state index contributed by atoms with van der Waals surface area (Å²) in [6.07, 6.45) is 3.17. The predicted molar refractivity (Wildman–Crippen MR) is 77.7 cm³/mol. The molecule has 2 heterocycles. The molecular formula is C16H19N3O2. The molecule has 0 fully saturated rings. The molecule has 0 spiro atoms. The number of methoxy groups -OCH3 is 1. The van der Waals surface area contributed by atoms with Crippen LogP contribution in [0.2, 0.25) is 0 Å². The molecule has 3 rings (SSSR count). The highest BCUT2D eigenvalue weighted by Crippen LogP contribution is 2.20. The minimum Gasteiger partial charge on any atom is -0.469 e. The van der Waals surface area contributed by atoms with Gasteiger partial charge in [0, 0.05) is 19.4 Å². The number of hydrogen-bond acceptors (Lipinski definition) is 4. The van der Waals surface area contributed by atoms with E-state index >= 15 is 0 Å². The van der Waals surface area contributed by atoms with E-state index in [9.17, 15) is 4.79 Å². The van der Waals surface area contributed by atoms with Gasteiger partial charge in [-0.05, 0) is 18.4 Å². The lowest BCUT2D eigenvalue weighted by molar-refractivity contribution is -0.146. The summed E-state index contributed by atoms with van der Waals surface area (Å²) in [6, 6.07) is 10.3. The van der Waals surface area contributed by atoms with Crippen LogP contribution in [-0.4, -0.2) is 27.8 Å². The minimum absolute atomic E-state index is 0.0753. The summed E-state index contributed by atoms with van der Waals surface area (Å²) >= 11 is 0. The maximum atomic E-state index is 11.6. The molecule has 0 bridgehead atoms. The molecule has 0 radical (unpaired) electrons. The number of nitrogens with zero attached hydrogens (tertiary/aromatic N) is 3. The molecule has 0 amide bonds. The highest BCUT2D eigenvalue weighted by atomic mass is 16.5. The Morgan fingerprint density at radius 3 is 2.90 bits per heavy atom. The monoisotopic (exact) mass is 285 g/mol. The fraction of sp³-hybridized carbons (Fsp3) is 0.438. The van der Waals surface area contributed by atoms with Crippen LogP contribution in [0, 0.1) is 5.92 Å². The van der Waals surface area contributed by atoms with Crippen molar-refractivity contribution in [1.82, 2.24) is 14.8 Å². The zero-order valence-electron chi connectivity index (χ0n) is 12.2. The lowest BCUT2D eigenvalue weighted by Crippen LogP contribution is -2.27. The lowest BCUT2D eigenvalue weighted by Gasteiger charge is -2.19. The van der Waals surface area contributed by atoms with Crippen LogP contribution in [0.1, 0.15) is 23.6 Å². The SMILES string of the molecule is COC(=O)C1CCn2nc(CCc3ccccc3)nc2C1. The Bertz CT molecular complexity index is 622. The Morgan fingerprint density at radius 1 is 1.33 bits per heavy atom. The molecule has 21 heavy (non-hydrogen) atoms. The van der Waals surface area contributed by atoms with Crippen molar-refractivity contribution in [2.24, 2.45) is 5.92 Å². The highest BCUT2D eigenvalue weighted by molar-refractivity contribution is 5.72. The van der Waals surface area contributed by atoms with E-state index in [2.05, 4.69) is 22.2 Å². The average Bonchev–Trinajstić information content (AvgIpc) is 2.95. The van der Waals surface area contributed by atoms with Crippen molar-refractivity contribution in [2.75, 3.05) is 7.11 Å². The Morgan fingerprint density at radius 2 is 2.14 bits per heavy atom. The Hall–Kier alpha value is -2.17. The molecule has 1 aliphatic rings. The van der Waals surface area contributed by atoms with Crippen molar-refractivity contribution in [2.45, 2.75) is 32.2 Å². The molecule has 0 saturated carbocycles. The molecular weight excluding hydrogens is 266 g/mol. The largest absolute Gasteiger partial charge is 0.469 e. The predicted octanol–water partition coefficient (Wildman–Crippen LogP) is 1.80. The summed E-state index contributed by atoms with van der Waals surface area (Å²) < 4.78 is 6.75. The number of rotatable bonds is 4. The number of ether oxygens (including phenoxy) is 1. The Balaban J connectivity index is 1.65. The van der Waals surface area contributed by atoms with Crippen LogP contribution in [0.5, 0.6) is 0 Å². The Kier molecular flexibility index (Phi) is 3.99. The van der Waals surface area contributed by atoms with E-state index in [0.29, 0.717) is 6.42 Å². The number of fused-ring (bicyclic) bond motifs is 1. The van der Waals surface area contributed by atoms with Gasteiger partial charge in [0.2, 0.25) is 0 Å². The van der Waals surface area contributed by atoms with Crippen LogP contribution >= 0.6 is 0 Å². The van der Waals surface area contributed by atoms with E-state index in [1.54, 1.807) is 0 Å². The second-order valence-electron chi connectivity index (χ2n) is 5.37. The van der Waals surface area contributed by atoms with Gasteiger partial charge in [0.15, 0.2) is 5.82 Å². The van der Waals surface area contributed by atoms with E-state index in [1.807, 2.05) is 22.9 Å². The van der Waals surface area contributed by atoms with Crippen molar-refractivity contribution in [3.05, 3.63) is 47.5 Å². The number of carbonyl (C=O) groups excluding carboxylic acids is 1. The number of benzene rings is 1. The molecule has 1 aromatic carbocycles. The number of hydrogen-bond donors (Lipinski definition) is 0. The highest BCUT2D eigenvalue weighted by Gasteiger charge is 2.27. The number of aryl methyl sites for hydroxylation is 3. The van der Waals surface area contributed by atoms with Gasteiger partial charge in [0.25, 0.3) is 0 Å². The molecule has 5 nitrogen and oxygen atoms in total. The fourth-order valence-electron chi connectivity index (χ4n) is 2.73. The fourth-order valence-corrected chi connectivity index (χ4v) is 2.73. The van der Waals surface area contributed by atoms with Gasteiger partial charge in [-0.1, -0.05) is 30.3 Å². The Labute approximate surface area is 124 Å². The molecule has 2 aromatic rings. The number of carbonyl (C=O) groups is 1. The van der Waals surface area contributed by atoms with Gasteiger partial charge < -0.3 is 4.74 Å². The first-order chi connectivity index (χ1) is 10.3. The summed E-state index contributed by atoms with van der Waals surface area (Å²) in [7, 11) is 1.44. The third kappa shape index (κ3) is 3.12. The summed E-state index contributed by atoms with van der Waals surface area (Å²) in [6.45, 7) is 0.743. The standard InChI is InChI=1S/C16H19N3O2/c1-21-16(20)13-9-10-19-15(11-13)17-14(18-19)8-7-12-5-3-2-4-6-12/h2-6,13H,7-11H2,1H3. The maximum absolute atomic E-state index is 11.6. The number of esters is 1. The van der Waals surface area contributed by atoms with Crippen molar-refractivity contribution >= 4 is 5.97 Å². The lowest BCUT2D eigenvalue weighted by atomic mass is 9.98. The second-order valence-corrected chi connectivity index (χ2v) is 5.37. The normalized spacial score (nSPS) is 17.3. The zero-order chi connectivity index (χ0) is 14.7. The van der Waals surface area contributed by atoms with Crippen LogP contribution in [0.25, 0.3) is 0 Å². The average molecular weight is 285 g/mol. The number of aromatic nitrogens is 3. The molecule has 0 saturated heterocycles. The van der Waals surface area contributed by atoms with Crippen molar-refractivity contribution in [3.8, 4) is 0 Å². The first kappa shape index (κ1) is 13.8. The van der Waals surface area contributed by atoms with Gasteiger partial charge in [-0.3, -0.25) is 4.79 Å². The van der Waals surface area contributed by atoms with E-state index in [4.69, 9.17) is 4.74 Å². The van der Waals surface area contributed by atoms with Gasteiger partial charge in [-0.25, -0.2) is 9.67 Å². The second kappa shape index (κ2) is 6.08. The van der Waals surface area contributed by atoms with E-state index in [0.717, 1.165) is 37.5 Å². The van der Waals surface area contributed by atoms with E-state index in [1.165, 1.54) is 12.7 Å². The molecule has 5 heteroatoms. The third-order valence-corrected chi connectivity index (χ3v) is 3.93.